The molecule has 0 bridgehead atoms. The van der Waals surface area contributed by atoms with Gasteiger partial charge in [0.25, 0.3) is 0 Å². The monoisotopic (exact) mass is 326 g/mol. The maximum atomic E-state index is 4.11. The summed E-state index contributed by atoms with van der Waals surface area (Å²) in [4.78, 5) is 9.78. The SMILES string of the molecule is c1csc([C@H]2c3ccsc3CCN2CCc2ccncc2)c1. The van der Waals surface area contributed by atoms with E-state index in [4.69, 9.17) is 0 Å². The second-order valence-electron chi connectivity index (χ2n) is 5.61. The standard InChI is InChI=1S/C18H18N2S2/c1-2-17(21-12-1)18-15-7-13-22-16(15)6-11-20(18)10-5-14-3-8-19-9-4-14/h1-4,7-9,12-13,18H,5-6,10-11H2/t18-/m1/s1. The third-order valence-corrected chi connectivity index (χ3v) is 6.24. The van der Waals surface area contributed by atoms with E-state index in [1.807, 2.05) is 35.1 Å². The van der Waals surface area contributed by atoms with Crippen molar-refractivity contribution in [2.24, 2.45) is 0 Å². The molecule has 4 rings (SSSR count). The highest BCUT2D eigenvalue weighted by Gasteiger charge is 2.29. The van der Waals surface area contributed by atoms with Gasteiger partial charge in [0, 0.05) is 35.2 Å². The van der Waals surface area contributed by atoms with Crippen molar-refractivity contribution in [3.05, 3.63) is 74.4 Å². The molecule has 0 radical (unpaired) electrons. The van der Waals surface area contributed by atoms with Crippen LogP contribution in [0.15, 0.2) is 53.5 Å². The van der Waals surface area contributed by atoms with Gasteiger partial charge >= 0.3 is 0 Å². The fraction of sp³-hybridized carbons (Fsp3) is 0.278. The first-order valence-electron chi connectivity index (χ1n) is 7.64. The van der Waals surface area contributed by atoms with Crippen molar-refractivity contribution in [2.75, 3.05) is 13.1 Å². The van der Waals surface area contributed by atoms with Crippen LogP contribution in [0.4, 0.5) is 0 Å². The first-order valence-corrected chi connectivity index (χ1v) is 9.40. The zero-order chi connectivity index (χ0) is 14.8. The van der Waals surface area contributed by atoms with E-state index in [-0.39, 0.29) is 0 Å². The topological polar surface area (TPSA) is 16.1 Å². The predicted octanol–water partition coefficient (Wildman–Crippen LogP) is 4.39. The van der Waals surface area contributed by atoms with Gasteiger partial charge in [-0.05, 0) is 59.0 Å². The Hall–Kier alpha value is -1.49. The van der Waals surface area contributed by atoms with Crippen molar-refractivity contribution in [2.45, 2.75) is 18.9 Å². The summed E-state index contributed by atoms with van der Waals surface area (Å²) in [6.45, 7) is 2.25. The van der Waals surface area contributed by atoms with Gasteiger partial charge < -0.3 is 0 Å². The molecule has 112 valence electrons. The lowest BCUT2D eigenvalue weighted by Crippen LogP contribution is -2.36. The van der Waals surface area contributed by atoms with E-state index in [9.17, 15) is 0 Å². The molecule has 0 N–H and O–H groups in total. The number of aromatic nitrogens is 1. The molecule has 1 aliphatic heterocycles. The number of fused-ring (bicyclic) bond motifs is 1. The fourth-order valence-electron chi connectivity index (χ4n) is 3.21. The largest absolute Gasteiger partial charge is 0.291 e. The van der Waals surface area contributed by atoms with Crippen LogP contribution >= 0.6 is 22.7 Å². The Kier molecular flexibility index (Phi) is 4.06. The molecule has 0 unspecified atom stereocenters. The van der Waals surface area contributed by atoms with Crippen LogP contribution in [0.3, 0.4) is 0 Å². The average Bonchev–Trinajstić information content (AvgIpc) is 3.24. The lowest BCUT2D eigenvalue weighted by Gasteiger charge is -2.35. The second-order valence-corrected chi connectivity index (χ2v) is 7.59. The van der Waals surface area contributed by atoms with Gasteiger partial charge in [0.05, 0.1) is 6.04 Å². The van der Waals surface area contributed by atoms with Crippen LogP contribution in [-0.4, -0.2) is 23.0 Å². The summed E-state index contributed by atoms with van der Waals surface area (Å²) in [5.74, 6) is 0. The van der Waals surface area contributed by atoms with Gasteiger partial charge in [0.15, 0.2) is 0 Å². The molecule has 0 amide bonds. The molecule has 0 saturated heterocycles. The van der Waals surface area contributed by atoms with Gasteiger partial charge in [-0.15, -0.1) is 22.7 Å². The summed E-state index contributed by atoms with van der Waals surface area (Å²) < 4.78 is 0. The van der Waals surface area contributed by atoms with Crippen molar-refractivity contribution < 1.29 is 0 Å². The Bertz CT molecular complexity index is 719. The van der Waals surface area contributed by atoms with Crippen LogP contribution in [-0.2, 0) is 12.8 Å². The molecule has 3 aromatic heterocycles. The highest BCUT2D eigenvalue weighted by molar-refractivity contribution is 7.10. The van der Waals surface area contributed by atoms with Crippen molar-refractivity contribution in [1.82, 2.24) is 9.88 Å². The van der Waals surface area contributed by atoms with Gasteiger partial charge in [-0.2, -0.15) is 0 Å². The average molecular weight is 326 g/mol. The van der Waals surface area contributed by atoms with Crippen molar-refractivity contribution >= 4 is 22.7 Å². The van der Waals surface area contributed by atoms with E-state index in [1.54, 1.807) is 4.88 Å². The Morgan fingerprint density at radius 2 is 2.00 bits per heavy atom. The maximum Gasteiger partial charge on any atom is 0.0707 e. The third kappa shape index (κ3) is 2.74. The van der Waals surface area contributed by atoms with Crippen LogP contribution in [0.5, 0.6) is 0 Å². The second kappa shape index (κ2) is 6.32. The highest BCUT2D eigenvalue weighted by Crippen LogP contribution is 2.39. The molecule has 1 aliphatic rings. The molecule has 0 fully saturated rings. The molecule has 4 heteroatoms. The van der Waals surface area contributed by atoms with E-state index in [0.717, 1.165) is 19.5 Å². The van der Waals surface area contributed by atoms with Gasteiger partial charge in [0.1, 0.15) is 0 Å². The van der Waals surface area contributed by atoms with E-state index >= 15 is 0 Å². The smallest absolute Gasteiger partial charge is 0.0707 e. The molecule has 2 nitrogen and oxygen atoms in total. The molecule has 22 heavy (non-hydrogen) atoms. The molecule has 0 saturated carbocycles. The summed E-state index contributed by atoms with van der Waals surface area (Å²) in [6, 6.07) is 11.5. The van der Waals surface area contributed by atoms with E-state index in [2.05, 4.69) is 51.0 Å². The number of pyridine rings is 1. The summed E-state index contributed by atoms with van der Waals surface area (Å²) in [7, 11) is 0. The number of hydrogen-bond acceptors (Lipinski definition) is 4. The minimum atomic E-state index is 0.442. The summed E-state index contributed by atoms with van der Waals surface area (Å²) in [6.07, 6.45) is 6.05. The molecule has 1 atom stereocenters. The lowest BCUT2D eigenvalue weighted by molar-refractivity contribution is 0.220. The first-order chi connectivity index (χ1) is 10.9. The van der Waals surface area contributed by atoms with Gasteiger partial charge in [-0.1, -0.05) is 6.07 Å². The van der Waals surface area contributed by atoms with Crippen LogP contribution in [0.2, 0.25) is 0 Å². The van der Waals surface area contributed by atoms with Crippen molar-refractivity contribution in [3.8, 4) is 0 Å². The van der Waals surface area contributed by atoms with E-state index in [0.29, 0.717) is 6.04 Å². The van der Waals surface area contributed by atoms with E-state index in [1.165, 1.54) is 22.4 Å². The van der Waals surface area contributed by atoms with Crippen LogP contribution in [0, 0.1) is 0 Å². The molecular formula is C18H18N2S2. The zero-order valence-electron chi connectivity index (χ0n) is 12.3. The number of hydrogen-bond donors (Lipinski definition) is 0. The Balaban J connectivity index is 1.58. The molecule has 0 aromatic carbocycles. The number of rotatable bonds is 4. The van der Waals surface area contributed by atoms with Gasteiger partial charge in [-0.3, -0.25) is 9.88 Å². The third-order valence-electron chi connectivity index (χ3n) is 4.32. The maximum absolute atomic E-state index is 4.11. The summed E-state index contributed by atoms with van der Waals surface area (Å²) in [5, 5.41) is 4.44. The Morgan fingerprint density at radius 1 is 1.09 bits per heavy atom. The molecule has 3 aromatic rings. The Labute approximate surface area is 139 Å². The van der Waals surface area contributed by atoms with Crippen LogP contribution in [0.25, 0.3) is 0 Å². The van der Waals surface area contributed by atoms with Crippen LogP contribution < -0.4 is 0 Å². The van der Waals surface area contributed by atoms with Gasteiger partial charge in [-0.25, -0.2) is 0 Å². The molecule has 0 aliphatic carbocycles. The molecule has 4 heterocycles. The lowest BCUT2D eigenvalue weighted by atomic mass is 9.98. The van der Waals surface area contributed by atoms with Gasteiger partial charge in [0.2, 0.25) is 0 Å². The number of nitrogens with zero attached hydrogens (tertiary/aromatic N) is 2. The van der Waals surface area contributed by atoms with E-state index < -0.39 is 0 Å². The van der Waals surface area contributed by atoms with Crippen molar-refractivity contribution in [3.63, 3.8) is 0 Å². The summed E-state index contributed by atoms with van der Waals surface area (Å²) >= 11 is 3.79. The first kappa shape index (κ1) is 14.1. The zero-order valence-corrected chi connectivity index (χ0v) is 13.9. The predicted molar refractivity (Wildman–Crippen MR) is 93.7 cm³/mol. The minimum Gasteiger partial charge on any atom is -0.291 e. The quantitative estimate of drug-likeness (QED) is 0.706. The highest BCUT2D eigenvalue weighted by atomic mass is 32.1. The number of thiophene rings is 2. The fourth-order valence-corrected chi connectivity index (χ4v) is 4.99. The minimum absolute atomic E-state index is 0.442. The van der Waals surface area contributed by atoms with Crippen molar-refractivity contribution in [1.29, 1.82) is 0 Å². The Morgan fingerprint density at radius 3 is 2.82 bits per heavy atom. The molecular weight excluding hydrogens is 308 g/mol. The molecule has 0 spiro atoms. The van der Waals surface area contributed by atoms with Crippen LogP contribution in [0.1, 0.15) is 26.9 Å². The normalized spacial score (nSPS) is 18.3. The summed E-state index contributed by atoms with van der Waals surface area (Å²) in [5.41, 5.74) is 2.89.